The van der Waals surface area contributed by atoms with E-state index in [0.29, 0.717) is 5.82 Å². The van der Waals surface area contributed by atoms with Gasteiger partial charge in [-0.3, -0.25) is 0 Å². The Morgan fingerprint density at radius 1 is 1.29 bits per heavy atom. The van der Waals surface area contributed by atoms with Gasteiger partial charge in [0.05, 0.1) is 18.2 Å². The summed E-state index contributed by atoms with van der Waals surface area (Å²) < 4.78 is 1.02. The lowest BCUT2D eigenvalue weighted by Gasteiger charge is -2.10. The van der Waals surface area contributed by atoms with Gasteiger partial charge in [-0.15, -0.1) is 0 Å². The molecule has 4 nitrogen and oxygen atoms in total. The first-order valence-corrected chi connectivity index (χ1v) is 6.07. The Hall–Kier alpha value is -1.17. The van der Waals surface area contributed by atoms with E-state index in [0.717, 1.165) is 15.4 Å². The van der Waals surface area contributed by atoms with Crippen molar-refractivity contribution < 1.29 is 10.2 Å². The van der Waals surface area contributed by atoms with Gasteiger partial charge in [0.2, 0.25) is 0 Å². The molecule has 0 unspecified atom stereocenters. The number of anilines is 1. The van der Waals surface area contributed by atoms with Crippen molar-refractivity contribution in [1.29, 1.82) is 0 Å². The second kappa shape index (κ2) is 5.44. The van der Waals surface area contributed by atoms with Crippen LogP contribution < -0.4 is 5.32 Å². The average Bonchev–Trinajstić information content (AvgIpc) is 2.35. The van der Waals surface area contributed by atoms with Crippen molar-refractivity contribution in [2.75, 3.05) is 18.5 Å². The fraction of sp³-hybridized carbons (Fsp3) is 0.250. The topological polar surface area (TPSA) is 65.4 Å². The summed E-state index contributed by atoms with van der Waals surface area (Å²) in [7, 11) is 0. The Morgan fingerprint density at radius 2 is 2.12 bits per heavy atom. The normalized spacial score (nSPS) is 12.6. The zero-order valence-corrected chi connectivity index (χ0v) is 10.7. The first kappa shape index (κ1) is 12.3. The highest BCUT2D eigenvalue weighted by Crippen LogP contribution is 2.19. The number of halogens is 1. The van der Waals surface area contributed by atoms with Crippen molar-refractivity contribution in [2.24, 2.45) is 0 Å². The summed E-state index contributed by atoms with van der Waals surface area (Å²) in [6.45, 7) is 0.0268. The Labute approximate surface area is 107 Å². The van der Waals surface area contributed by atoms with Crippen LogP contribution >= 0.6 is 15.9 Å². The van der Waals surface area contributed by atoms with Crippen LogP contribution in [0.5, 0.6) is 0 Å². The number of aromatic nitrogens is 1. The maximum Gasteiger partial charge on any atom is 0.126 e. The van der Waals surface area contributed by atoms with Gasteiger partial charge in [0, 0.05) is 16.4 Å². The third-order valence-electron chi connectivity index (χ3n) is 2.38. The minimum absolute atomic E-state index is 0.256. The van der Waals surface area contributed by atoms with E-state index in [1.807, 2.05) is 30.3 Å². The quantitative estimate of drug-likeness (QED) is 0.804. The van der Waals surface area contributed by atoms with Gasteiger partial charge in [-0.1, -0.05) is 15.9 Å². The molecule has 0 aliphatic rings. The number of pyridine rings is 1. The van der Waals surface area contributed by atoms with E-state index in [9.17, 15) is 5.11 Å². The molecule has 1 aromatic heterocycles. The molecular formula is C12H13BrN2O2. The summed E-state index contributed by atoms with van der Waals surface area (Å²) in [5.41, 5.74) is 0.886. The monoisotopic (exact) mass is 296 g/mol. The molecular weight excluding hydrogens is 284 g/mol. The molecule has 2 rings (SSSR count). The Kier molecular flexibility index (Phi) is 3.93. The molecule has 1 aromatic carbocycles. The van der Waals surface area contributed by atoms with Crippen LogP contribution in [0.3, 0.4) is 0 Å². The molecule has 0 aliphatic heterocycles. The minimum atomic E-state index is -0.766. The zero-order valence-electron chi connectivity index (χ0n) is 9.10. The van der Waals surface area contributed by atoms with Crippen LogP contribution in [0.25, 0.3) is 10.9 Å². The third-order valence-corrected chi connectivity index (χ3v) is 2.87. The lowest BCUT2D eigenvalue weighted by molar-refractivity contribution is 0.105. The van der Waals surface area contributed by atoms with Crippen molar-refractivity contribution in [3.8, 4) is 0 Å². The van der Waals surface area contributed by atoms with E-state index in [1.165, 1.54) is 0 Å². The molecule has 1 heterocycles. The smallest absolute Gasteiger partial charge is 0.126 e. The summed E-state index contributed by atoms with van der Waals surface area (Å²) in [5, 5.41) is 21.9. The van der Waals surface area contributed by atoms with Gasteiger partial charge in [-0.25, -0.2) is 4.98 Å². The van der Waals surface area contributed by atoms with Crippen LogP contribution in [0.2, 0.25) is 0 Å². The number of nitrogens with zero attached hydrogens (tertiary/aromatic N) is 1. The first-order chi connectivity index (χ1) is 8.19. The van der Waals surface area contributed by atoms with Crippen LogP contribution in [0.1, 0.15) is 0 Å². The molecule has 0 radical (unpaired) electrons. The highest BCUT2D eigenvalue weighted by molar-refractivity contribution is 9.10. The maximum atomic E-state index is 9.22. The molecule has 0 bridgehead atoms. The van der Waals surface area contributed by atoms with Crippen molar-refractivity contribution in [3.63, 3.8) is 0 Å². The van der Waals surface area contributed by atoms with Crippen LogP contribution in [-0.2, 0) is 0 Å². The van der Waals surface area contributed by atoms with E-state index < -0.39 is 6.10 Å². The molecule has 0 saturated carbocycles. The zero-order chi connectivity index (χ0) is 12.3. The highest BCUT2D eigenvalue weighted by Gasteiger charge is 2.03. The molecule has 17 heavy (non-hydrogen) atoms. The van der Waals surface area contributed by atoms with E-state index in [4.69, 9.17) is 5.11 Å². The van der Waals surface area contributed by atoms with Gasteiger partial charge in [0.1, 0.15) is 5.82 Å². The second-order valence-corrected chi connectivity index (χ2v) is 4.67. The first-order valence-electron chi connectivity index (χ1n) is 5.28. The predicted molar refractivity (Wildman–Crippen MR) is 71.0 cm³/mol. The van der Waals surface area contributed by atoms with Crippen molar-refractivity contribution in [2.45, 2.75) is 6.10 Å². The van der Waals surface area contributed by atoms with Gasteiger partial charge < -0.3 is 15.5 Å². The van der Waals surface area contributed by atoms with Gasteiger partial charge in [-0.05, 0) is 30.3 Å². The number of benzene rings is 1. The lowest BCUT2D eigenvalue weighted by atomic mass is 10.2. The fourth-order valence-corrected chi connectivity index (χ4v) is 1.86. The standard InChI is InChI=1S/C12H13BrN2O2/c13-9-2-3-11-8(5-9)1-4-12(15-11)14-6-10(17)7-16/h1-5,10,16-17H,6-7H2,(H,14,15)/t10-/m0/s1. The molecule has 5 heteroatoms. The number of nitrogens with one attached hydrogen (secondary N) is 1. The van der Waals surface area contributed by atoms with E-state index in [2.05, 4.69) is 26.2 Å². The summed E-state index contributed by atoms with van der Waals surface area (Å²) >= 11 is 3.41. The van der Waals surface area contributed by atoms with Crippen molar-refractivity contribution in [3.05, 3.63) is 34.8 Å². The van der Waals surface area contributed by atoms with Gasteiger partial charge >= 0.3 is 0 Å². The number of fused-ring (bicyclic) bond motifs is 1. The number of aliphatic hydroxyl groups excluding tert-OH is 2. The summed E-state index contributed by atoms with van der Waals surface area (Å²) in [6.07, 6.45) is -0.766. The summed E-state index contributed by atoms with van der Waals surface area (Å²) in [5.74, 6) is 0.687. The van der Waals surface area contributed by atoms with Crippen LogP contribution in [0, 0.1) is 0 Å². The number of aliphatic hydroxyl groups is 2. The molecule has 0 spiro atoms. The average molecular weight is 297 g/mol. The molecule has 3 N–H and O–H groups in total. The van der Waals surface area contributed by atoms with Crippen molar-refractivity contribution in [1.82, 2.24) is 4.98 Å². The third kappa shape index (κ3) is 3.15. The Bertz CT molecular complexity index is 519. The molecule has 0 amide bonds. The summed E-state index contributed by atoms with van der Waals surface area (Å²) in [6, 6.07) is 9.66. The van der Waals surface area contributed by atoms with Gasteiger partial charge in [0.15, 0.2) is 0 Å². The van der Waals surface area contributed by atoms with Crippen LogP contribution in [0.4, 0.5) is 5.82 Å². The van der Waals surface area contributed by atoms with E-state index >= 15 is 0 Å². The largest absolute Gasteiger partial charge is 0.394 e. The number of hydrogen-bond donors (Lipinski definition) is 3. The molecule has 90 valence electrons. The number of rotatable bonds is 4. The van der Waals surface area contributed by atoms with Crippen LogP contribution in [-0.4, -0.2) is 34.5 Å². The molecule has 1 atom stereocenters. The summed E-state index contributed by atoms with van der Waals surface area (Å²) in [4.78, 5) is 4.40. The lowest BCUT2D eigenvalue weighted by Crippen LogP contribution is -2.23. The molecule has 0 aliphatic carbocycles. The predicted octanol–water partition coefficient (Wildman–Crippen LogP) is 1.76. The van der Waals surface area contributed by atoms with E-state index in [1.54, 1.807) is 0 Å². The van der Waals surface area contributed by atoms with Crippen LogP contribution in [0.15, 0.2) is 34.8 Å². The number of hydrogen-bond acceptors (Lipinski definition) is 4. The van der Waals surface area contributed by atoms with Gasteiger partial charge in [0.25, 0.3) is 0 Å². The van der Waals surface area contributed by atoms with Gasteiger partial charge in [-0.2, -0.15) is 0 Å². The fourth-order valence-electron chi connectivity index (χ4n) is 1.48. The molecule has 0 saturated heterocycles. The molecule has 2 aromatic rings. The second-order valence-electron chi connectivity index (χ2n) is 3.75. The Balaban J connectivity index is 2.17. The van der Waals surface area contributed by atoms with E-state index in [-0.39, 0.29) is 13.2 Å². The SMILES string of the molecule is OC[C@@H](O)CNc1ccc2cc(Br)ccc2n1. The van der Waals surface area contributed by atoms with Crippen molar-refractivity contribution >= 4 is 32.7 Å². The Morgan fingerprint density at radius 3 is 2.88 bits per heavy atom. The highest BCUT2D eigenvalue weighted by atomic mass is 79.9. The maximum absolute atomic E-state index is 9.22. The minimum Gasteiger partial charge on any atom is -0.394 e. The molecule has 0 fully saturated rings.